The summed E-state index contributed by atoms with van der Waals surface area (Å²) in [5.41, 5.74) is 20.4. The highest BCUT2D eigenvalue weighted by Gasteiger charge is 2.47. The minimum atomic E-state index is -0.138. The number of aryl methyl sites for hydroxylation is 2. The molecule has 0 saturated carbocycles. The Morgan fingerprint density at radius 1 is 0.647 bits per heavy atom. The van der Waals surface area contributed by atoms with Crippen molar-refractivity contribution in [3.05, 3.63) is 161 Å². The van der Waals surface area contributed by atoms with Crippen LogP contribution in [0.3, 0.4) is 0 Å². The second kappa shape index (κ2) is 14.6. The first-order valence-corrected chi connectivity index (χ1v) is 25.9. The molecule has 68 heavy (non-hydrogen) atoms. The molecule has 0 radical (unpaired) electrons. The van der Waals surface area contributed by atoms with Gasteiger partial charge >= 0.3 is 6.85 Å². The first kappa shape index (κ1) is 41.9. The van der Waals surface area contributed by atoms with Crippen molar-refractivity contribution in [3.8, 4) is 11.1 Å². The van der Waals surface area contributed by atoms with Gasteiger partial charge in [0.2, 0.25) is 0 Å². The van der Waals surface area contributed by atoms with Crippen molar-refractivity contribution >= 4 is 110 Å². The van der Waals surface area contributed by atoms with Crippen molar-refractivity contribution in [1.82, 2.24) is 0 Å². The van der Waals surface area contributed by atoms with Gasteiger partial charge in [0.05, 0.1) is 10.4 Å². The fourth-order valence-corrected chi connectivity index (χ4v) is 13.6. The van der Waals surface area contributed by atoms with Gasteiger partial charge in [0.15, 0.2) is 0 Å². The summed E-state index contributed by atoms with van der Waals surface area (Å²) < 4.78 is 9.81. The van der Waals surface area contributed by atoms with Gasteiger partial charge < -0.3 is 14.1 Å². The van der Waals surface area contributed by atoms with E-state index in [-0.39, 0.29) is 23.1 Å². The smallest absolute Gasteiger partial charge is 0.333 e. The number of fused-ring (bicyclic) bond motifs is 13. The molecule has 336 valence electrons. The maximum atomic E-state index is 7.18. The van der Waals surface area contributed by atoms with Gasteiger partial charge in [-0.3, -0.25) is 0 Å². The molecule has 10 aromatic rings. The highest BCUT2D eigenvalue weighted by atomic mass is 32.1. The SMILES string of the molecule is CCCCc1ccc(N2c3cc4oc5cc6c(cc5c4cc3B3c4c(cc5c(sc7ccccc75)c42)-c2cc4ccccc4cc2N3c2ccc(C(C)(C)C)cc2)C(C)(C)CCC6(C)C)c(C)c1. The van der Waals surface area contributed by atoms with Gasteiger partial charge in [-0.2, -0.15) is 0 Å². The van der Waals surface area contributed by atoms with E-state index in [9.17, 15) is 0 Å². The molecule has 0 fully saturated rings. The molecule has 4 heterocycles. The van der Waals surface area contributed by atoms with Crippen LogP contribution in [0.1, 0.15) is 109 Å². The van der Waals surface area contributed by atoms with Crippen LogP contribution < -0.4 is 20.6 Å². The van der Waals surface area contributed by atoms with E-state index >= 15 is 0 Å². The van der Waals surface area contributed by atoms with Crippen molar-refractivity contribution in [2.45, 2.75) is 111 Å². The van der Waals surface area contributed by atoms with Gasteiger partial charge in [0, 0.05) is 60.6 Å². The van der Waals surface area contributed by atoms with Crippen LogP contribution in [-0.4, -0.2) is 6.85 Å². The van der Waals surface area contributed by atoms with Crippen LogP contribution in [0, 0.1) is 6.92 Å². The third-order valence-electron chi connectivity index (χ3n) is 16.3. The molecule has 3 nitrogen and oxygen atoms in total. The Morgan fingerprint density at radius 3 is 2.07 bits per heavy atom. The number of nitrogens with zero attached hydrogens (tertiary/aromatic N) is 2. The second-order valence-electron chi connectivity index (χ2n) is 22.7. The quantitative estimate of drug-likeness (QED) is 0.160. The largest absolute Gasteiger partial charge is 0.456 e. The van der Waals surface area contributed by atoms with Crippen molar-refractivity contribution in [3.63, 3.8) is 0 Å². The Morgan fingerprint density at radius 2 is 1.34 bits per heavy atom. The summed E-state index contributed by atoms with van der Waals surface area (Å²) in [4.78, 5) is 5.34. The Kier molecular flexibility index (Phi) is 8.99. The van der Waals surface area contributed by atoms with Crippen LogP contribution in [0.25, 0.3) is 64.0 Å². The standard InChI is InChI=1S/C63H59BN2OS/c1-10-11-16-38-21-26-52(37(2)29-38)65-54-36-56-46(45-33-49-50(35-55(45)67-56)63(8,9)28-27-62(49,6)7)34-51(54)64-58-47(32-48-43-19-14-15-20-57(43)68-60(48)59(58)65)44-30-39-17-12-13-18-40(39)31-53(44)66(64)42-24-22-41(23-25-42)61(3,4)5/h12-15,17-26,29-36H,10-11,16,27-28H2,1-9H3. The van der Waals surface area contributed by atoms with E-state index in [1.165, 1.54) is 139 Å². The Bertz CT molecular complexity index is 3750. The van der Waals surface area contributed by atoms with Gasteiger partial charge in [-0.05, 0) is 159 Å². The molecule has 0 N–H and O–H groups in total. The molecule has 0 atom stereocenters. The number of unbranched alkanes of at least 4 members (excludes halogenated alkanes) is 1. The fraction of sp³-hybridized carbons (Fsp3) is 0.270. The van der Waals surface area contributed by atoms with Crippen LogP contribution in [0.2, 0.25) is 0 Å². The van der Waals surface area contributed by atoms with E-state index in [2.05, 4.69) is 205 Å². The minimum absolute atomic E-state index is 0.0277. The Balaban J connectivity index is 1.19. The average molecular weight is 903 g/mol. The molecular weight excluding hydrogens is 844 g/mol. The molecular formula is C63H59BN2OS. The molecule has 0 amide bonds. The molecule has 5 heteroatoms. The fourth-order valence-electron chi connectivity index (χ4n) is 12.4. The third-order valence-corrected chi connectivity index (χ3v) is 17.5. The van der Waals surface area contributed by atoms with Crippen molar-refractivity contribution in [1.29, 1.82) is 0 Å². The van der Waals surface area contributed by atoms with Crippen LogP contribution in [0.15, 0.2) is 138 Å². The molecule has 0 saturated heterocycles. The van der Waals surface area contributed by atoms with Crippen LogP contribution in [0.5, 0.6) is 0 Å². The summed E-state index contributed by atoms with van der Waals surface area (Å²) in [6.07, 6.45) is 5.78. The third kappa shape index (κ3) is 6.10. The molecule has 2 aromatic heterocycles. The van der Waals surface area contributed by atoms with Gasteiger partial charge in [-0.25, -0.2) is 0 Å². The zero-order valence-corrected chi connectivity index (χ0v) is 41.8. The number of rotatable bonds is 5. The lowest BCUT2D eigenvalue weighted by atomic mass is 9.43. The summed E-state index contributed by atoms with van der Waals surface area (Å²) in [5, 5.41) is 7.52. The van der Waals surface area contributed by atoms with Gasteiger partial charge in [0.1, 0.15) is 11.2 Å². The van der Waals surface area contributed by atoms with Crippen molar-refractivity contribution in [2.75, 3.05) is 9.71 Å². The van der Waals surface area contributed by atoms with Crippen molar-refractivity contribution < 1.29 is 4.42 Å². The number of furan rings is 1. The summed E-state index contributed by atoms with van der Waals surface area (Å²) in [6.45, 7) is 21.1. The van der Waals surface area contributed by atoms with Crippen molar-refractivity contribution in [2.24, 2.45) is 0 Å². The molecule has 2 aliphatic heterocycles. The molecule has 1 aliphatic carbocycles. The maximum Gasteiger partial charge on any atom is 0.333 e. The topological polar surface area (TPSA) is 19.6 Å². The predicted octanol–water partition coefficient (Wildman–Crippen LogP) is 17.1. The zero-order chi connectivity index (χ0) is 46.6. The highest BCUT2D eigenvalue weighted by molar-refractivity contribution is 7.26. The molecule has 0 spiro atoms. The van der Waals surface area contributed by atoms with E-state index < -0.39 is 0 Å². The van der Waals surface area contributed by atoms with E-state index in [1.54, 1.807) is 0 Å². The second-order valence-corrected chi connectivity index (χ2v) is 23.7. The Hall–Kier alpha value is -6.30. The lowest BCUT2D eigenvalue weighted by Crippen LogP contribution is -2.61. The van der Waals surface area contributed by atoms with E-state index in [0.717, 1.165) is 24.0 Å². The Labute approximate surface area is 405 Å². The predicted molar refractivity (Wildman–Crippen MR) is 295 cm³/mol. The normalized spacial score (nSPS) is 15.9. The van der Waals surface area contributed by atoms with Gasteiger partial charge in [0.25, 0.3) is 0 Å². The molecule has 0 bridgehead atoms. The van der Waals surface area contributed by atoms with E-state index in [1.807, 2.05) is 11.3 Å². The number of benzene rings is 8. The monoisotopic (exact) mass is 902 g/mol. The van der Waals surface area contributed by atoms with Crippen LogP contribution in [-0.2, 0) is 22.7 Å². The maximum absolute atomic E-state index is 7.18. The summed E-state index contributed by atoms with van der Waals surface area (Å²) in [6, 6.07) is 52.1. The van der Waals surface area contributed by atoms with Crippen LogP contribution in [0.4, 0.5) is 28.4 Å². The van der Waals surface area contributed by atoms with E-state index in [4.69, 9.17) is 4.42 Å². The molecule has 13 rings (SSSR count). The summed E-state index contributed by atoms with van der Waals surface area (Å²) in [7, 11) is 0. The number of anilines is 5. The van der Waals surface area contributed by atoms with Gasteiger partial charge in [-0.15, -0.1) is 11.3 Å². The average Bonchev–Trinajstić information content (AvgIpc) is 3.88. The molecule has 0 unspecified atom stereocenters. The summed E-state index contributed by atoms with van der Waals surface area (Å²) >= 11 is 1.94. The zero-order valence-electron chi connectivity index (χ0n) is 41.0. The lowest BCUT2D eigenvalue weighted by molar-refractivity contribution is 0.332. The first-order chi connectivity index (χ1) is 32.7. The highest BCUT2D eigenvalue weighted by Crippen LogP contribution is 2.54. The molecule has 3 aliphatic rings. The number of hydrogen-bond donors (Lipinski definition) is 0. The minimum Gasteiger partial charge on any atom is -0.456 e. The number of hydrogen-bond acceptors (Lipinski definition) is 4. The summed E-state index contributed by atoms with van der Waals surface area (Å²) in [5.74, 6) is 0. The lowest BCUT2D eigenvalue weighted by Gasteiger charge is -2.46. The van der Waals surface area contributed by atoms with E-state index in [0.29, 0.717) is 0 Å². The first-order valence-electron chi connectivity index (χ1n) is 25.0. The van der Waals surface area contributed by atoms with Crippen LogP contribution >= 0.6 is 11.3 Å². The molecule has 8 aromatic carbocycles. The van der Waals surface area contributed by atoms with Gasteiger partial charge in [-0.1, -0.05) is 135 Å². The number of thiophene rings is 1.